The summed E-state index contributed by atoms with van der Waals surface area (Å²) in [6, 6.07) is 17.5. The Bertz CT molecular complexity index is 1250. The first kappa shape index (κ1) is 24.2. The van der Waals surface area contributed by atoms with Gasteiger partial charge in [-0.25, -0.2) is 17.8 Å². The van der Waals surface area contributed by atoms with Crippen molar-refractivity contribution in [2.45, 2.75) is 44.0 Å². The molecule has 9 heteroatoms. The predicted octanol–water partition coefficient (Wildman–Crippen LogP) is 3.67. The van der Waals surface area contributed by atoms with Gasteiger partial charge in [-0.3, -0.25) is 4.79 Å². The summed E-state index contributed by atoms with van der Waals surface area (Å²) in [5, 5.41) is 15.7. The van der Waals surface area contributed by atoms with E-state index in [2.05, 4.69) is 60.2 Å². The molecule has 0 atom stereocenters. The molecule has 0 aliphatic heterocycles. The minimum absolute atomic E-state index is 0.0285. The van der Waals surface area contributed by atoms with Gasteiger partial charge in [0.15, 0.2) is 0 Å². The molecule has 3 aromatic rings. The van der Waals surface area contributed by atoms with Gasteiger partial charge in [0.2, 0.25) is 10.0 Å². The molecule has 0 bridgehead atoms. The van der Waals surface area contributed by atoms with E-state index in [1.807, 2.05) is 6.07 Å². The van der Waals surface area contributed by atoms with Crippen molar-refractivity contribution in [3.63, 3.8) is 0 Å². The van der Waals surface area contributed by atoms with Gasteiger partial charge < -0.3 is 5.32 Å². The van der Waals surface area contributed by atoms with Crippen molar-refractivity contribution < 1.29 is 13.2 Å². The summed E-state index contributed by atoms with van der Waals surface area (Å²) < 4.78 is 28.4. The summed E-state index contributed by atoms with van der Waals surface area (Å²) >= 11 is 0. The second kappa shape index (κ2) is 9.98. The lowest BCUT2D eigenvalue weighted by molar-refractivity contribution is 0.102. The molecule has 8 nitrogen and oxygen atoms in total. The molecule has 0 radical (unpaired) electrons. The molecule has 0 fully saturated rings. The highest BCUT2D eigenvalue weighted by Crippen LogP contribution is 2.23. The van der Waals surface area contributed by atoms with Crippen LogP contribution in [-0.4, -0.2) is 30.7 Å². The summed E-state index contributed by atoms with van der Waals surface area (Å²) in [5.74, 6) is 0.163. The van der Waals surface area contributed by atoms with Gasteiger partial charge in [-0.1, -0.05) is 45.0 Å². The van der Waals surface area contributed by atoms with Crippen LogP contribution in [0.2, 0.25) is 0 Å². The van der Waals surface area contributed by atoms with Gasteiger partial charge in [0.05, 0.1) is 23.7 Å². The maximum absolute atomic E-state index is 12.7. The first-order valence-electron chi connectivity index (χ1n) is 10.5. The third kappa shape index (κ3) is 6.28. The van der Waals surface area contributed by atoms with E-state index in [4.69, 9.17) is 5.26 Å². The molecular weight excluding hydrogens is 438 g/mol. The van der Waals surface area contributed by atoms with E-state index in [1.54, 1.807) is 16.9 Å². The number of nitriles is 1. The number of carbonyl (C=O) groups excluding carboxylic acids is 1. The summed E-state index contributed by atoms with van der Waals surface area (Å²) in [6.07, 6.45) is 1.69. The number of carbonyl (C=O) groups is 1. The van der Waals surface area contributed by atoms with Crippen LogP contribution in [0.25, 0.3) is 0 Å². The normalized spacial score (nSPS) is 11.7. The lowest BCUT2D eigenvalue weighted by Crippen LogP contribution is -2.24. The average Bonchev–Trinajstić information content (AvgIpc) is 3.20. The van der Waals surface area contributed by atoms with Crippen molar-refractivity contribution in [3.05, 3.63) is 77.5 Å². The molecule has 0 spiro atoms. The van der Waals surface area contributed by atoms with Gasteiger partial charge in [0.1, 0.15) is 5.82 Å². The number of hydrogen-bond acceptors (Lipinski definition) is 5. The smallest absolute Gasteiger partial charge is 0.256 e. The predicted molar refractivity (Wildman–Crippen MR) is 126 cm³/mol. The zero-order valence-electron chi connectivity index (χ0n) is 18.9. The first-order valence-corrected chi connectivity index (χ1v) is 12.0. The Labute approximate surface area is 194 Å². The van der Waals surface area contributed by atoms with Crippen molar-refractivity contribution in [2.24, 2.45) is 0 Å². The van der Waals surface area contributed by atoms with Crippen LogP contribution < -0.4 is 10.0 Å². The van der Waals surface area contributed by atoms with Crippen LogP contribution in [0.5, 0.6) is 0 Å². The standard InChI is InChI=1S/C24H27N5O3S/c1-24(2,3)20-9-5-18(6-10-20)17-29-22(13-16-26-29)28-23(30)19-7-11-21(12-8-19)33(31,32)27-15-4-14-25/h5-13,16,27H,4,15,17H2,1-3H3,(H,28,30). The second-order valence-corrected chi connectivity index (χ2v) is 10.4. The zero-order valence-corrected chi connectivity index (χ0v) is 19.7. The second-order valence-electron chi connectivity index (χ2n) is 8.61. The van der Waals surface area contributed by atoms with E-state index in [-0.39, 0.29) is 29.2 Å². The van der Waals surface area contributed by atoms with Crippen molar-refractivity contribution in [1.29, 1.82) is 5.26 Å². The molecule has 1 heterocycles. The van der Waals surface area contributed by atoms with E-state index in [0.29, 0.717) is 17.9 Å². The van der Waals surface area contributed by atoms with Gasteiger partial charge >= 0.3 is 0 Å². The first-order chi connectivity index (χ1) is 15.6. The highest BCUT2D eigenvalue weighted by molar-refractivity contribution is 7.89. The summed E-state index contributed by atoms with van der Waals surface area (Å²) in [5.41, 5.74) is 2.69. The molecule has 0 aliphatic carbocycles. The van der Waals surface area contributed by atoms with Gasteiger partial charge in [-0.15, -0.1) is 0 Å². The molecule has 0 unspecified atom stereocenters. The minimum Gasteiger partial charge on any atom is -0.307 e. The van der Waals surface area contributed by atoms with Crippen molar-refractivity contribution in [1.82, 2.24) is 14.5 Å². The van der Waals surface area contributed by atoms with Crippen LogP contribution in [0.3, 0.4) is 0 Å². The van der Waals surface area contributed by atoms with E-state index >= 15 is 0 Å². The quantitative estimate of drug-likeness (QED) is 0.492. The Kier molecular flexibility index (Phi) is 7.31. The molecule has 0 aliphatic rings. The fourth-order valence-electron chi connectivity index (χ4n) is 3.15. The number of anilines is 1. The molecule has 33 heavy (non-hydrogen) atoms. The van der Waals surface area contributed by atoms with Crippen LogP contribution in [0.1, 0.15) is 48.7 Å². The Hall–Kier alpha value is -3.48. The van der Waals surface area contributed by atoms with Gasteiger partial charge in [0.25, 0.3) is 5.91 Å². The number of aromatic nitrogens is 2. The van der Waals surface area contributed by atoms with Crippen LogP contribution in [-0.2, 0) is 22.0 Å². The monoisotopic (exact) mass is 465 g/mol. The SMILES string of the molecule is CC(C)(C)c1ccc(Cn2nccc2NC(=O)c2ccc(S(=O)(=O)NCCC#N)cc2)cc1. The molecule has 3 rings (SSSR count). The summed E-state index contributed by atoms with van der Waals surface area (Å²) in [6.45, 7) is 7.02. The number of nitrogens with zero attached hydrogens (tertiary/aromatic N) is 3. The molecule has 2 N–H and O–H groups in total. The molecular formula is C24H27N5O3S. The van der Waals surface area contributed by atoms with Crippen molar-refractivity contribution in [2.75, 3.05) is 11.9 Å². The van der Waals surface area contributed by atoms with Gasteiger partial charge in [0, 0.05) is 24.6 Å². The molecule has 1 amide bonds. The molecule has 1 aromatic heterocycles. The summed E-state index contributed by atoms with van der Waals surface area (Å²) in [7, 11) is -3.73. The number of amides is 1. The van der Waals surface area contributed by atoms with E-state index < -0.39 is 10.0 Å². The fourth-order valence-corrected chi connectivity index (χ4v) is 4.18. The lowest BCUT2D eigenvalue weighted by Gasteiger charge is -2.19. The lowest BCUT2D eigenvalue weighted by atomic mass is 9.87. The van der Waals surface area contributed by atoms with Gasteiger partial charge in [-0.2, -0.15) is 10.4 Å². The zero-order chi connectivity index (χ0) is 24.1. The number of rotatable bonds is 8. The van der Waals surface area contributed by atoms with Crippen LogP contribution in [0.4, 0.5) is 5.82 Å². The van der Waals surface area contributed by atoms with Crippen LogP contribution in [0.15, 0.2) is 65.7 Å². The van der Waals surface area contributed by atoms with Gasteiger partial charge in [-0.05, 0) is 40.8 Å². The maximum atomic E-state index is 12.7. The minimum atomic E-state index is -3.73. The van der Waals surface area contributed by atoms with Crippen molar-refractivity contribution in [3.8, 4) is 6.07 Å². The Morgan fingerprint density at radius 2 is 1.73 bits per heavy atom. The number of sulfonamides is 1. The number of hydrogen-bond donors (Lipinski definition) is 2. The third-order valence-corrected chi connectivity index (χ3v) is 6.54. The largest absolute Gasteiger partial charge is 0.307 e. The van der Waals surface area contributed by atoms with E-state index in [9.17, 15) is 13.2 Å². The molecule has 0 saturated heterocycles. The molecule has 172 valence electrons. The van der Waals surface area contributed by atoms with Crippen LogP contribution in [0, 0.1) is 11.3 Å². The Balaban J connectivity index is 1.67. The highest BCUT2D eigenvalue weighted by Gasteiger charge is 2.16. The van der Waals surface area contributed by atoms with E-state index in [0.717, 1.165) is 5.56 Å². The van der Waals surface area contributed by atoms with Crippen LogP contribution >= 0.6 is 0 Å². The highest BCUT2D eigenvalue weighted by atomic mass is 32.2. The number of nitrogens with one attached hydrogen (secondary N) is 2. The molecule has 0 saturated carbocycles. The summed E-state index contributed by atoms with van der Waals surface area (Å²) in [4.78, 5) is 12.7. The van der Waals surface area contributed by atoms with E-state index in [1.165, 1.54) is 29.8 Å². The third-order valence-electron chi connectivity index (χ3n) is 5.07. The molecule has 2 aromatic carbocycles. The fraction of sp³-hybridized carbons (Fsp3) is 0.292. The number of benzene rings is 2. The van der Waals surface area contributed by atoms with Crippen molar-refractivity contribution >= 4 is 21.7 Å². The maximum Gasteiger partial charge on any atom is 0.256 e. The Morgan fingerprint density at radius 3 is 2.33 bits per heavy atom. The Morgan fingerprint density at radius 1 is 1.06 bits per heavy atom. The average molecular weight is 466 g/mol. The topological polar surface area (TPSA) is 117 Å².